The van der Waals surface area contributed by atoms with Crippen LogP contribution in [-0.2, 0) is 36.9 Å². The summed E-state index contributed by atoms with van der Waals surface area (Å²) in [4.78, 5) is 70.2. The van der Waals surface area contributed by atoms with Gasteiger partial charge in [0.2, 0.25) is 17.7 Å². The van der Waals surface area contributed by atoms with Gasteiger partial charge in [0.15, 0.2) is 0 Å². The third-order valence-corrected chi connectivity index (χ3v) is 9.18. The first kappa shape index (κ1) is 35.1. The van der Waals surface area contributed by atoms with E-state index in [0.717, 1.165) is 19.3 Å². The summed E-state index contributed by atoms with van der Waals surface area (Å²) in [6, 6.07) is 2.51. The smallest absolute Gasteiger partial charge is 0.410 e. The number of ether oxygens (including phenoxy) is 2. The van der Waals surface area contributed by atoms with Gasteiger partial charge in [0.05, 0.1) is 19.7 Å². The lowest BCUT2D eigenvalue weighted by Gasteiger charge is -2.30. The molecule has 5 amide bonds. The maximum Gasteiger partial charge on any atom is 0.410 e. The summed E-state index contributed by atoms with van der Waals surface area (Å²) >= 11 is 0. The standard InChI is InChI=1S/C34H46FN5O8/c1-33(2,3)48-31(45)37-26-13-8-6-4-5-7-11-22-17-34(22,30(44)36-14-15-41)38-28(42)27-16-23(19-40(27)29(26)43)47-32(46)39-18-21-10-9-12-25(35)24(21)20-39/h7,9-12,22-23,26-27,41H,4-6,8,13-20H2,1-3H3,(H,36,44)(H,37,45)(H,38,42)/b11-7-/t22-,23-,26+,27+,34-/m1/s1. The number of hydrogen-bond donors (Lipinski definition) is 4. The lowest BCUT2D eigenvalue weighted by molar-refractivity contribution is -0.141. The van der Waals surface area contributed by atoms with Crippen molar-refractivity contribution >= 4 is 29.9 Å². The van der Waals surface area contributed by atoms with Gasteiger partial charge >= 0.3 is 12.2 Å². The fourth-order valence-corrected chi connectivity index (χ4v) is 6.67. The Labute approximate surface area is 279 Å². The number of alkyl carbamates (subject to hydrolysis) is 1. The number of carbonyl (C=O) groups excluding carboxylic acids is 5. The van der Waals surface area contributed by atoms with E-state index in [0.29, 0.717) is 30.4 Å². The second-order valence-electron chi connectivity index (χ2n) is 14.0. The number of rotatable bonds is 5. The lowest BCUT2D eigenvalue weighted by Crippen LogP contribution is -2.58. The minimum absolute atomic E-state index is 0.0151. The Morgan fingerprint density at radius 1 is 1.15 bits per heavy atom. The third kappa shape index (κ3) is 8.08. The molecular weight excluding hydrogens is 625 g/mol. The molecule has 1 aliphatic carbocycles. The molecule has 0 radical (unpaired) electrons. The number of halogens is 1. The van der Waals surface area contributed by atoms with E-state index in [1.807, 2.05) is 12.2 Å². The van der Waals surface area contributed by atoms with Crippen molar-refractivity contribution in [3.63, 3.8) is 0 Å². The van der Waals surface area contributed by atoms with Gasteiger partial charge in [-0.2, -0.15) is 0 Å². The fraction of sp³-hybridized carbons (Fsp3) is 0.618. The molecule has 3 aliphatic heterocycles. The van der Waals surface area contributed by atoms with E-state index in [4.69, 9.17) is 9.47 Å². The minimum atomic E-state index is -1.26. The number of allylic oxidation sites excluding steroid dienone is 1. The normalized spacial score (nSPS) is 28.1. The number of benzene rings is 1. The van der Waals surface area contributed by atoms with Crippen molar-refractivity contribution in [2.24, 2.45) is 5.92 Å². The van der Waals surface area contributed by atoms with Crippen molar-refractivity contribution in [1.82, 2.24) is 25.8 Å². The third-order valence-electron chi connectivity index (χ3n) is 9.18. The molecule has 1 aromatic rings. The van der Waals surface area contributed by atoms with Gasteiger partial charge in [0.1, 0.15) is 35.1 Å². The van der Waals surface area contributed by atoms with Crippen LogP contribution in [0.15, 0.2) is 30.4 Å². The largest absolute Gasteiger partial charge is 0.444 e. The lowest BCUT2D eigenvalue weighted by atomic mass is 10.0. The van der Waals surface area contributed by atoms with Crippen LogP contribution in [0.2, 0.25) is 0 Å². The van der Waals surface area contributed by atoms with Gasteiger partial charge in [0, 0.05) is 31.0 Å². The SMILES string of the molecule is CC(C)(C)OC(=O)N[C@H]1CCCCC/C=C\[C@@H]2C[C@@]2(C(=O)NCCO)NC(=O)[C@@H]2C[C@@H](OC(=O)N3Cc4cccc(F)c4C3)CN2C1=O. The molecule has 4 N–H and O–H groups in total. The highest BCUT2D eigenvalue weighted by atomic mass is 19.1. The van der Waals surface area contributed by atoms with Crippen LogP contribution in [0, 0.1) is 11.7 Å². The summed E-state index contributed by atoms with van der Waals surface area (Å²) in [6.45, 7) is 4.94. The van der Waals surface area contributed by atoms with Gasteiger partial charge in [-0.3, -0.25) is 19.3 Å². The molecule has 1 saturated heterocycles. The molecule has 0 unspecified atom stereocenters. The molecule has 1 aromatic carbocycles. The Hall–Kier alpha value is -4.20. The molecule has 48 heavy (non-hydrogen) atoms. The maximum atomic E-state index is 14.4. The van der Waals surface area contributed by atoms with E-state index in [-0.39, 0.29) is 45.1 Å². The highest BCUT2D eigenvalue weighted by Crippen LogP contribution is 2.45. The summed E-state index contributed by atoms with van der Waals surface area (Å²) < 4.78 is 25.6. The number of carbonyl (C=O) groups is 5. The molecule has 5 atom stereocenters. The molecular formula is C34H46FN5O8. The summed E-state index contributed by atoms with van der Waals surface area (Å²) in [5.74, 6) is -2.25. The number of fused-ring (bicyclic) bond motifs is 3. The summed E-state index contributed by atoms with van der Waals surface area (Å²) in [5, 5.41) is 17.5. The second-order valence-corrected chi connectivity index (χ2v) is 14.0. The number of aliphatic hydroxyl groups excluding tert-OH is 1. The van der Waals surface area contributed by atoms with Crippen LogP contribution < -0.4 is 16.0 Å². The summed E-state index contributed by atoms with van der Waals surface area (Å²) in [6.07, 6.45) is 5.09. The number of nitrogens with one attached hydrogen (secondary N) is 3. The van der Waals surface area contributed by atoms with Gasteiger partial charge < -0.3 is 35.4 Å². The second kappa shape index (κ2) is 14.5. The summed E-state index contributed by atoms with van der Waals surface area (Å²) in [7, 11) is 0. The van der Waals surface area contributed by atoms with Crippen LogP contribution in [0.1, 0.15) is 76.8 Å². The average Bonchev–Trinajstić information content (AvgIpc) is 3.33. The highest BCUT2D eigenvalue weighted by Gasteiger charge is 2.61. The zero-order valence-corrected chi connectivity index (χ0v) is 27.8. The maximum absolute atomic E-state index is 14.4. The molecule has 0 aromatic heterocycles. The zero-order valence-electron chi connectivity index (χ0n) is 27.8. The van der Waals surface area contributed by atoms with Gasteiger partial charge in [-0.25, -0.2) is 14.0 Å². The van der Waals surface area contributed by atoms with Crippen LogP contribution in [0.5, 0.6) is 0 Å². The van der Waals surface area contributed by atoms with Crippen LogP contribution in [0.3, 0.4) is 0 Å². The van der Waals surface area contributed by atoms with Gasteiger partial charge in [-0.15, -0.1) is 0 Å². The van der Waals surface area contributed by atoms with Crippen LogP contribution in [0.25, 0.3) is 0 Å². The van der Waals surface area contributed by atoms with Crippen LogP contribution in [-0.4, -0.2) is 93.8 Å². The molecule has 13 nitrogen and oxygen atoms in total. The van der Waals surface area contributed by atoms with Crippen molar-refractivity contribution in [3.8, 4) is 0 Å². The van der Waals surface area contributed by atoms with Crippen molar-refractivity contribution in [3.05, 3.63) is 47.3 Å². The predicted molar refractivity (Wildman–Crippen MR) is 170 cm³/mol. The van der Waals surface area contributed by atoms with Gasteiger partial charge in [-0.1, -0.05) is 37.1 Å². The van der Waals surface area contributed by atoms with Crippen molar-refractivity contribution < 1.29 is 42.9 Å². The molecule has 5 rings (SSSR count). The zero-order chi connectivity index (χ0) is 34.6. The number of nitrogens with zero attached hydrogens (tertiary/aromatic N) is 2. The van der Waals surface area contributed by atoms with Crippen LogP contribution >= 0.6 is 0 Å². The van der Waals surface area contributed by atoms with Gasteiger partial charge in [0.25, 0.3) is 0 Å². The van der Waals surface area contributed by atoms with Crippen molar-refractivity contribution in [2.75, 3.05) is 19.7 Å². The quantitative estimate of drug-likeness (QED) is 0.347. The number of hydrogen-bond acceptors (Lipinski definition) is 8. The Morgan fingerprint density at radius 2 is 1.94 bits per heavy atom. The van der Waals surface area contributed by atoms with Crippen LogP contribution in [0.4, 0.5) is 14.0 Å². The topological polar surface area (TPSA) is 167 Å². The predicted octanol–water partition coefficient (Wildman–Crippen LogP) is 2.64. The summed E-state index contributed by atoms with van der Waals surface area (Å²) in [5.41, 5.74) is -0.976. The van der Waals surface area contributed by atoms with E-state index in [1.165, 1.54) is 15.9 Å². The van der Waals surface area contributed by atoms with E-state index >= 15 is 0 Å². The number of aliphatic hydroxyl groups is 1. The van der Waals surface area contributed by atoms with Crippen molar-refractivity contribution in [2.45, 2.75) is 108 Å². The molecule has 2 fully saturated rings. The Morgan fingerprint density at radius 3 is 2.67 bits per heavy atom. The average molecular weight is 672 g/mol. The highest BCUT2D eigenvalue weighted by molar-refractivity contribution is 5.98. The molecule has 0 bridgehead atoms. The fourth-order valence-electron chi connectivity index (χ4n) is 6.67. The van der Waals surface area contributed by atoms with E-state index in [2.05, 4.69) is 16.0 Å². The Kier molecular flexibility index (Phi) is 10.6. The molecule has 1 saturated carbocycles. The molecule has 0 spiro atoms. The first-order valence-corrected chi connectivity index (χ1v) is 16.7. The molecule has 262 valence electrons. The number of amides is 5. The Bertz CT molecular complexity index is 1450. The Balaban J connectivity index is 1.38. The molecule has 4 aliphatic rings. The van der Waals surface area contributed by atoms with Crippen molar-refractivity contribution in [1.29, 1.82) is 0 Å². The van der Waals surface area contributed by atoms with Gasteiger partial charge in [-0.05, 0) is 58.1 Å². The minimum Gasteiger partial charge on any atom is -0.444 e. The van der Waals surface area contributed by atoms with E-state index < -0.39 is 65.1 Å². The van der Waals surface area contributed by atoms with E-state index in [9.17, 15) is 33.5 Å². The first-order valence-electron chi connectivity index (χ1n) is 16.7. The molecule has 3 heterocycles. The molecule has 14 heteroatoms. The monoisotopic (exact) mass is 671 g/mol. The first-order chi connectivity index (χ1) is 22.8. The van der Waals surface area contributed by atoms with E-state index in [1.54, 1.807) is 32.9 Å².